The summed E-state index contributed by atoms with van der Waals surface area (Å²) in [7, 11) is -3.72. The van der Waals surface area contributed by atoms with E-state index in [4.69, 9.17) is 0 Å². The smallest absolute Gasteiger partial charge is 0.293 e. The van der Waals surface area contributed by atoms with Gasteiger partial charge < -0.3 is 9.80 Å². The fraction of sp³-hybridized carbons (Fsp3) is 0.526. The highest BCUT2D eigenvalue weighted by Crippen LogP contribution is 2.33. The van der Waals surface area contributed by atoms with Gasteiger partial charge >= 0.3 is 0 Å². The van der Waals surface area contributed by atoms with Crippen LogP contribution in [0.3, 0.4) is 0 Å². The Hall–Kier alpha value is -2.24. The maximum Gasteiger partial charge on any atom is 0.293 e. The van der Waals surface area contributed by atoms with Crippen molar-refractivity contribution in [2.45, 2.75) is 30.6 Å². The Morgan fingerprint density at radius 1 is 0.967 bits per heavy atom. The average molecular weight is 452 g/mol. The van der Waals surface area contributed by atoms with Gasteiger partial charge in [-0.15, -0.1) is 11.3 Å². The molecule has 0 atom stereocenters. The lowest BCUT2D eigenvalue weighted by molar-refractivity contribution is -0.384. The first-order valence-corrected chi connectivity index (χ1v) is 12.5. The van der Waals surface area contributed by atoms with E-state index in [0.29, 0.717) is 38.4 Å². The highest BCUT2D eigenvalue weighted by atomic mass is 32.2. The molecule has 0 spiro atoms. The summed E-state index contributed by atoms with van der Waals surface area (Å²) in [6.07, 6.45) is 5.27. The van der Waals surface area contributed by atoms with Gasteiger partial charge in [0, 0.05) is 56.9 Å². The molecule has 2 aromatic rings. The molecule has 4 rings (SSSR count). The molecule has 11 heteroatoms. The molecule has 2 aliphatic rings. The monoisotopic (exact) mass is 451 g/mol. The number of nitrogens with zero attached hydrogens (tertiary/aromatic N) is 5. The van der Waals surface area contributed by atoms with Crippen LogP contribution >= 0.6 is 11.3 Å². The number of anilines is 2. The number of nitro groups is 1. The molecule has 0 aliphatic carbocycles. The van der Waals surface area contributed by atoms with E-state index in [1.165, 1.54) is 16.4 Å². The Bertz CT molecular complexity index is 990. The Morgan fingerprint density at radius 3 is 2.40 bits per heavy atom. The van der Waals surface area contributed by atoms with Crippen LogP contribution in [0.25, 0.3) is 0 Å². The van der Waals surface area contributed by atoms with Gasteiger partial charge in [0.25, 0.3) is 5.69 Å². The third-order valence-corrected chi connectivity index (χ3v) is 8.35. The van der Waals surface area contributed by atoms with Crippen LogP contribution in [-0.2, 0) is 10.0 Å². The van der Waals surface area contributed by atoms with E-state index in [1.807, 2.05) is 10.3 Å². The second-order valence-corrected chi connectivity index (χ2v) is 10.3. The minimum Gasteiger partial charge on any atom is -0.364 e. The van der Waals surface area contributed by atoms with Gasteiger partial charge in [-0.1, -0.05) is 6.42 Å². The summed E-state index contributed by atoms with van der Waals surface area (Å²) < 4.78 is 27.4. The van der Waals surface area contributed by atoms with Crippen LogP contribution in [0, 0.1) is 10.1 Å². The maximum absolute atomic E-state index is 13.0. The van der Waals surface area contributed by atoms with E-state index in [1.54, 1.807) is 23.6 Å². The van der Waals surface area contributed by atoms with E-state index in [2.05, 4.69) is 9.88 Å². The molecule has 3 heterocycles. The number of aromatic nitrogens is 1. The van der Waals surface area contributed by atoms with Crippen molar-refractivity contribution in [2.24, 2.45) is 0 Å². The largest absolute Gasteiger partial charge is 0.364 e. The van der Waals surface area contributed by atoms with Gasteiger partial charge in [0.1, 0.15) is 5.69 Å². The van der Waals surface area contributed by atoms with E-state index in [-0.39, 0.29) is 10.6 Å². The van der Waals surface area contributed by atoms with Gasteiger partial charge in [0.2, 0.25) is 10.0 Å². The van der Waals surface area contributed by atoms with Gasteiger partial charge in [0.05, 0.1) is 9.82 Å². The molecule has 2 fully saturated rings. The summed E-state index contributed by atoms with van der Waals surface area (Å²) in [5, 5.41) is 14.7. The highest BCUT2D eigenvalue weighted by molar-refractivity contribution is 7.89. The molecule has 2 aliphatic heterocycles. The molecule has 0 radical (unpaired) electrons. The van der Waals surface area contributed by atoms with Gasteiger partial charge in [-0.25, -0.2) is 13.4 Å². The minimum atomic E-state index is -3.72. The molecule has 0 unspecified atom stereocenters. The van der Waals surface area contributed by atoms with Gasteiger partial charge in [-0.3, -0.25) is 10.1 Å². The number of benzene rings is 1. The first kappa shape index (κ1) is 21.0. The van der Waals surface area contributed by atoms with Crippen molar-refractivity contribution in [3.8, 4) is 0 Å². The third kappa shape index (κ3) is 4.28. The summed E-state index contributed by atoms with van der Waals surface area (Å²) in [6, 6.07) is 4.33. The van der Waals surface area contributed by atoms with Crippen molar-refractivity contribution in [1.29, 1.82) is 0 Å². The lowest BCUT2D eigenvalue weighted by atomic mass is 10.2. The average Bonchev–Trinajstić information content (AvgIpc) is 3.19. The molecule has 0 N–H and O–H groups in total. The lowest BCUT2D eigenvalue weighted by Gasteiger charge is -2.26. The summed E-state index contributed by atoms with van der Waals surface area (Å²) >= 11 is 1.58. The number of hydrogen-bond donors (Lipinski definition) is 0. The topological polar surface area (TPSA) is 99.9 Å². The maximum atomic E-state index is 13.0. The fourth-order valence-corrected chi connectivity index (χ4v) is 6.29. The van der Waals surface area contributed by atoms with Crippen molar-refractivity contribution in [3.05, 3.63) is 39.9 Å². The highest BCUT2D eigenvalue weighted by Gasteiger charge is 2.30. The predicted octanol–water partition coefficient (Wildman–Crippen LogP) is 2.94. The van der Waals surface area contributed by atoms with Crippen LogP contribution in [0.2, 0.25) is 0 Å². The second-order valence-electron chi connectivity index (χ2n) is 7.51. The van der Waals surface area contributed by atoms with Crippen molar-refractivity contribution >= 4 is 37.9 Å². The number of rotatable bonds is 5. The molecule has 162 valence electrons. The summed E-state index contributed by atoms with van der Waals surface area (Å²) in [4.78, 5) is 19.8. The molecule has 30 heavy (non-hydrogen) atoms. The first-order valence-electron chi connectivity index (χ1n) is 10.1. The zero-order valence-electron chi connectivity index (χ0n) is 16.6. The zero-order valence-corrected chi connectivity index (χ0v) is 18.3. The Kier molecular flexibility index (Phi) is 6.21. The third-order valence-electron chi connectivity index (χ3n) is 5.62. The molecule has 1 aromatic carbocycles. The number of sulfonamides is 1. The Balaban J connectivity index is 1.58. The molecule has 2 saturated heterocycles. The zero-order chi connectivity index (χ0) is 21.1. The van der Waals surface area contributed by atoms with E-state index >= 15 is 0 Å². The number of nitro benzene ring substituents is 1. The summed E-state index contributed by atoms with van der Waals surface area (Å²) in [6.45, 7) is 3.75. The minimum absolute atomic E-state index is 0.000848. The Morgan fingerprint density at radius 2 is 1.70 bits per heavy atom. The molecule has 9 nitrogen and oxygen atoms in total. The molecule has 0 bridgehead atoms. The predicted molar refractivity (Wildman–Crippen MR) is 117 cm³/mol. The molecule has 1 aromatic heterocycles. The van der Waals surface area contributed by atoms with Crippen LogP contribution in [0.1, 0.15) is 25.7 Å². The van der Waals surface area contributed by atoms with Crippen LogP contribution < -0.4 is 9.80 Å². The second kappa shape index (κ2) is 8.86. The van der Waals surface area contributed by atoms with Crippen molar-refractivity contribution in [3.63, 3.8) is 0 Å². The van der Waals surface area contributed by atoms with Crippen LogP contribution in [0.5, 0.6) is 0 Å². The van der Waals surface area contributed by atoms with Crippen molar-refractivity contribution < 1.29 is 13.3 Å². The normalized spacial score (nSPS) is 18.9. The van der Waals surface area contributed by atoms with Gasteiger partial charge in [0.15, 0.2) is 5.13 Å². The van der Waals surface area contributed by atoms with Crippen LogP contribution in [0.15, 0.2) is 34.7 Å². The molecule has 0 saturated carbocycles. The quantitative estimate of drug-likeness (QED) is 0.509. The number of hydrogen-bond acceptors (Lipinski definition) is 8. The summed E-state index contributed by atoms with van der Waals surface area (Å²) in [5.74, 6) is 0. The molecular weight excluding hydrogens is 426 g/mol. The Labute approximate surface area is 180 Å². The van der Waals surface area contributed by atoms with Crippen LogP contribution in [-0.4, -0.2) is 61.9 Å². The van der Waals surface area contributed by atoms with Crippen molar-refractivity contribution in [1.82, 2.24) is 9.29 Å². The van der Waals surface area contributed by atoms with E-state index < -0.39 is 14.9 Å². The van der Waals surface area contributed by atoms with Gasteiger partial charge in [-0.2, -0.15) is 4.31 Å². The first-order chi connectivity index (χ1) is 14.5. The van der Waals surface area contributed by atoms with E-state index in [9.17, 15) is 18.5 Å². The molecule has 0 amide bonds. The van der Waals surface area contributed by atoms with Crippen molar-refractivity contribution in [2.75, 3.05) is 49.1 Å². The molecular formula is C19H25N5O4S2. The lowest BCUT2D eigenvalue weighted by Crippen LogP contribution is -2.35. The SMILES string of the molecule is O=[N+]([O-])c1cc(S(=O)(=O)N2CCCCC2)ccc1N1CCCN(c2nccs2)CC1. The number of piperidine rings is 1. The van der Waals surface area contributed by atoms with Crippen LogP contribution in [0.4, 0.5) is 16.5 Å². The fourth-order valence-electron chi connectivity index (χ4n) is 4.05. The number of thiazole rings is 1. The standard InChI is InChI=1S/C19H25N5O4S2/c25-24(26)18-15-16(30(27,28)23-10-2-1-3-11-23)5-6-17(18)21-8-4-9-22(13-12-21)19-20-7-14-29-19/h5-7,14-15H,1-4,8-13H2. The van der Waals surface area contributed by atoms with E-state index in [0.717, 1.165) is 37.4 Å². The summed E-state index contributed by atoms with van der Waals surface area (Å²) in [5.41, 5.74) is 0.314. The van der Waals surface area contributed by atoms with Gasteiger partial charge in [-0.05, 0) is 31.4 Å².